The summed E-state index contributed by atoms with van der Waals surface area (Å²) in [6, 6.07) is 2.58. The molecule has 0 aromatic carbocycles. The van der Waals surface area contributed by atoms with Gasteiger partial charge in [0, 0.05) is 32.7 Å². The summed E-state index contributed by atoms with van der Waals surface area (Å²) >= 11 is 0. The summed E-state index contributed by atoms with van der Waals surface area (Å²) in [6.07, 6.45) is 2.12. The van der Waals surface area contributed by atoms with Crippen LogP contribution in [0.15, 0.2) is 0 Å². The minimum absolute atomic E-state index is 0.145. The molecule has 0 radical (unpaired) electrons. The Hall–Kier alpha value is -0.590. The van der Waals surface area contributed by atoms with E-state index in [2.05, 4.69) is 36.6 Å². The number of hydrogen-bond donors (Lipinski definition) is 0. The highest BCUT2D eigenvalue weighted by molar-refractivity contribution is 4.93. The van der Waals surface area contributed by atoms with E-state index in [1.54, 1.807) is 0 Å². The average molecular weight is 223 g/mol. The van der Waals surface area contributed by atoms with E-state index in [0.717, 1.165) is 44.9 Å². The number of piperazine rings is 1. The van der Waals surface area contributed by atoms with Gasteiger partial charge in [0.2, 0.25) is 0 Å². The van der Waals surface area contributed by atoms with Crippen LogP contribution in [0.2, 0.25) is 0 Å². The van der Waals surface area contributed by atoms with Gasteiger partial charge in [-0.25, -0.2) is 0 Å². The van der Waals surface area contributed by atoms with Crippen molar-refractivity contribution in [2.75, 3.05) is 32.7 Å². The van der Waals surface area contributed by atoms with E-state index in [1.807, 2.05) is 0 Å². The molecular formula is C13H25N3. The van der Waals surface area contributed by atoms with Crippen LogP contribution in [0.3, 0.4) is 0 Å². The fourth-order valence-corrected chi connectivity index (χ4v) is 2.38. The van der Waals surface area contributed by atoms with Crippen LogP contribution < -0.4 is 0 Å². The molecule has 92 valence electrons. The van der Waals surface area contributed by atoms with E-state index in [9.17, 15) is 0 Å². The highest BCUT2D eigenvalue weighted by Gasteiger charge is 2.22. The number of nitriles is 1. The summed E-state index contributed by atoms with van der Waals surface area (Å²) in [6.45, 7) is 12.2. The molecule has 1 atom stereocenters. The molecule has 3 nitrogen and oxygen atoms in total. The monoisotopic (exact) mass is 223 g/mol. The van der Waals surface area contributed by atoms with Crippen molar-refractivity contribution in [1.29, 1.82) is 5.26 Å². The zero-order chi connectivity index (χ0) is 12.0. The van der Waals surface area contributed by atoms with E-state index in [4.69, 9.17) is 5.26 Å². The van der Waals surface area contributed by atoms with Crippen LogP contribution in [0.4, 0.5) is 0 Å². The molecule has 0 aliphatic carbocycles. The lowest BCUT2D eigenvalue weighted by Crippen LogP contribution is -2.50. The van der Waals surface area contributed by atoms with E-state index in [0.29, 0.717) is 0 Å². The van der Waals surface area contributed by atoms with Crippen molar-refractivity contribution in [1.82, 2.24) is 9.80 Å². The van der Waals surface area contributed by atoms with Crippen LogP contribution in [-0.2, 0) is 0 Å². The van der Waals surface area contributed by atoms with Gasteiger partial charge in [-0.15, -0.1) is 0 Å². The van der Waals surface area contributed by atoms with Crippen molar-refractivity contribution in [3.63, 3.8) is 0 Å². The van der Waals surface area contributed by atoms with E-state index < -0.39 is 0 Å². The van der Waals surface area contributed by atoms with E-state index in [1.165, 1.54) is 6.54 Å². The van der Waals surface area contributed by atoms with Crippen LogP contribution in [-0.4, -0.2) is 48.6 Å². The molecule has 3 heteroatoms. The van der Waals surface area contributed by atoms with Crippen LogP contribution in [0, 0.1) is 17.2 Å². The third kappa shape index (κ3) is 4.11. The fraction of sp³-hybridized carbons (Fsp3) is 0.923. The normalized spacial score (nSPS) is 20.9. The first-order valence-corrected chi connectivity index (χ1v) is 6.53. The standard InChI is InChI=1S/C13H25N3/c1-4-5-13(10-14)16-8-6-15(7-9-16)11-12(2)3/h12-13H,4-9,11H2,1-3H3. The lowest BCUT2D eigenvalue weighted by atomic mass is 10.1. The van der Waals surface area contributed by atoms with Crippen molar-refractivity contribution in [2.45, 2.75) is 39.7 Å². The van der Waals surface area contributed by atoms with E-state index >= 15 is 0 Å². The largest absolute Gasteiger partial charge is 0.301 e. The molecule has 0 spiro atoms. The molecule has 1 saturated heterocycles. The molecule has 0 aromatic heterocycles. The van der Waals surface area contributed by atoms with Crippen molar-refractivity contribution in [2.24, 2.45) is 5.92 Å². The highest BCUT2D eigenvalue weighted by atomic mass is 15.3. The van der Waals surface area contributed by atoms with Gasteiger partial charge in [0.15, 0.2) is 0 Å². The van der Waals surface area contributed by atoms with Gasteiger partial charge < -0.3 is 4.90 Å². The quantitative estimate of drug-likeness (QED) is 0.713. The second-order valence-electron chi connectivity index (χ2n) is 5.16. The first kappa shape index (κ1) is 13.5. The minimum Gasteiger partial charge on any atom is -0.301 e. The average Bonchev–Trinajstić information content (AvgIpc) is 2.26. The predicted molar refractivity (Wildman–Crippen MR) is 67.2 cm³/mol. The Balaban J connectivity index is 2.33. The molecule has 0 aromatic rings. The van der Waals surface area contributed by atoms with Crippen molar-refractivity contribution < 1.29 is 0 Å². The Morgan fingerprint density at radius 2 is 1.81 bits per heavy atom. The summed E-state index contributed by atoms with van der Waals surface area (Å²) in [4.78, 5) is 4.86. The zero-order valence-corrected chi connectivity index (χ0v) is 10.9. The summed E-state index contributed by atoms with van der Waals surface area (Å²) in [5.74, 6) is 0.744. The highest BCUT2D eigenvalue weighted by Crippen LogP contribution is 2.11. The molecule has 16 heavy (non-hydrogen) atoms. The van der Waals surface area contributed by atoms with Gasteiger partial charge in [-0.3, -0.25) is 4.90 Å². The molecule has 1 rings (SSSR count). The zero-order valence-electron chi connectivity index (χ0n) is 10.9. The maximum Gasteiger partial charge on any atom is 0.0978 e. The van der Waals surface area contributed by atoms with Gasteiger partial charge in [-0.1, -0.05) is 27.2 Å². The van der Waals surface area contributed by atoms with Crippen LogP contribution in [0.5, 0.6) is 0 Å². The summed E-state index contributed by atoms with van der Waals surface area (Å²) in [5, 5.41) is 9.12. The Morgan fingerprint density at radius 3 is 2.25 bits per heavy atom. The molecule has 0 N–H and O–H groups in total. The van der Waals surface area contributed by atoms with Gasteiger partial charge in [0.1, 0.15) is 0 Å². The first-order valence-electron chi connectivity index (χ1n) is 6.53. The molecule has 1 unspecified atom stereocenters. The maximum atomic E-state index is 9.12. The molecule has 0 saturated carbocycles. The second kappa shape index (κ2) is 6.88. The first-order chi connectivity index (χ1) is 7.67. The molecule has 1 fully saturated rings. The Bertz CT molecular complexity index is 224. The topological polar surface area (TPSA) is 30.3 Å². The predicted octanol–water partition coefficient (Wildman–Crippen LogP) is 1.95. The molecule has 1 heterocycles. The van der Waals surface area contributed by atoms with Gasteiger partial charge in [-0.05, 0) is 12.3 Å². The van der Waals surface area contributed by atoms with Crippen molar-refractivity contribution in [3.05, 3.63) is 0 Å². The third-order valence-corrected chi connectivity index (χ3v) is 3.18. The van der Waals surface area contributed by atoms with E-state index in [-0.39, 0.29) is 6.04 Å². The summed E-state index contributed by atoms with van der Waals surface area (Å²) in [5.41, 5.74) is 0. The second-order valence-corrected chi connectivity index (χ2v) is 5.16. The number of rotatable bonds is 5. The summed E-state index contributed by atoms with van der Waals surface area (Å²) in [7, 11) is 0. The third-order valence-electron chi connectivity index (χ3n) is 3.18. The molecule has 0 bridgehead atoms. The Morgan fingerprint density at radius 1 is 1.19 bits per heavy atom. The number of nitrogens with zero attached hydrogens (tertiary/aromatic N) is 3. The Labute approximate surface area is 100 Å². The maximum absolute atomic E-state index is 9.12. The lowest BCUT2D eigenvalue weighted by Gasteiger charge is -2.37. The molecular weight excluding hydrogens is 198 g/mol. The summed E-state index contributed by atoms with van der Waals surface area (Å²) < 4.78 is 0. The van der Waals surface area contributed by atoms with Crippen LogP contribution in [0.25, 0.3) is 0 Å². The lowest BCUT2D eigenvalue weighted by molar-refractivity contribution is 0.103. The van der Waals surface area contributed by atoms with Crippen LogP contribution >= 0.6 is 0 Å². The smallest absolute Gasteiger partial charge is 0.0978 e. The molecule has 0 amide bonds. The van der Waals surface area contributed by atoms with Crippen molar-refractivity contribution in [3.8, 4) is 6.07 Å². The van der Waals surface area contributed by atoms with Gasteiger partial charge in [0.25, 0.3) is 0 Å². The van der Waals surface area contributed by atoms with Crippen molar-refractivity contribution >= 4 is 0 Å². The van der Waals surface area contributed by atoms with Gasteiger partial charge >= 0.3 is 0 Å². The van der Waals surface area contributed by atoms with Gasteiger partial charge in [0.05, 0.1) is 12.1 Å². The SMILES string of the molecule is CCCC(C#N)N1CCN(CC(C)C)CC1. The Kier molecular flexibility index (Phi) is 5.79. The fourth-order valence-electron chi connectivity index (χ4n) is 2.38. The molecule has 1 aliphatic heterocycles. The van der Waals surface area contributed by atoms with Crippen LogP contribution in [0.1, 0.15) is 33.6 Å². The minimum atomic E-state index is 0.145. The number of hydrogen-bond acceptors (Lipinski definition) is 3. The van der Waals surface area contributed by atoms with Gasteiger partial charge in [-0.2, -0.15) is 5.26 Å². The molecule has 1 aliphatic rings.